The number of H-pyrrole nitrogens is 1. The van der Waals surface area contributed by atoms with E-state index in [2.05, 4.69) is 40.7 Å². The fourth-order valence-corrected chi connectivity index (χ4v) is 3.27. The van der Waals surface area contributed by atoms with Crippen LogP contribution in [0, 0.1) is 0 Å². The minimum atomic E-state index is -4.61. The Labute approximate surface area is 165 Å². The number of aromatic nitrogens is 4. The van der Waals surface area contributed by atoms with Crippen molar-refractivity contribution in [1.82, 2.24) is 19.9 Å². The third-order valence-electron chi connectivity index (χ3n) is 4.77. The number of alkyl halides is 3. The average Bonchev–Trinajstić information content (AvgIpc) is 3.10. The van der Waals surface area contributed by atoms with Crippen molar-refractivity contribution in [2.24, 2.45) is 0 Å². The fraction of sp³-hybridized carbons (Fsp3) is 0.227. The number of hydrogen-bond acceptors (Lipinski definition) is 3. The molecule has 0 aliphatic heterocycles. The lowest BCUT2D eigenvalue weighted by Gasteiger charge is -2.18. The van der Waals surface area contributed by atoms with Crippen molar-refractivity contribution in [2.45, 2.75) is 32.4 Å². The molecule has 0 spiro atoms. The maximum Gasteiger partial charge on any atom is 0.419 e. The normalized spacial score (nSPS) is 12.5. The molecule has 1 N–H and O–H groups in total. The van der Waals surface area contributed by atoms with Gasteiger partial charge in [0.15, 0.2) is 0 Å². The van der Waals surface area contributed by atoms with Gasteiger partial charge in [0.1, 0.15) is 5.82 Å². The Balaban J connectivity index is 1.93. The second-order valence-electron chi connectivity index (χ2n) is 7.89. The zero-order valence-electron chi connectivity index (χ0n) is 16.2. The maximum absolute atomic E-state index is 14.1. The van der Waals surface area contributed by atoms with Crippen LogP contribution < -0.4 is 0 Å². The largest absolute Gasteiger partial charge is 0.419 e. The summed E-state index contributed by atoms with van der Waals surface area (Å²) in [7, 11) is 0. The number of imidazole rings is 1. The van der Waals surface area contributed by atoms with Crippen LogP contribution >= 0.6 is 0 Å². The number of nitrogens with zero attached hydrogens (tertiary/aromatic N) is 3. The molecule has 0 fully saturated rings. The summed E-state index contributed by atoms with van der Waals surface area (Å²) < 4.78 is 42.2. The van der Waals surface area contributed by atoms with E-state index in [-0.39, 0.29) is 22.5 Å². The number of rotatable bonds is 2. The predicted molar refractivity (Wildman–Crippen MR) is 106 cm³/mol. The Morgan fingerprint density at radius 2 is 1.76 bits per heavy atom. The summed E-state index contributed by atoms with van der Waals surface area (Å²) in [5.74, 6) is 0.158. The zero-order chi connectivity index (χ0) is 20.8. The van der Waals surface area contributed by atoms with Gasteiger partial charge in [0, 0.05) is 29.7 Å². The van der Waals surface area contributed by atoms with E-state index in [1.807, 2.05) is 18.2 Å². The number of benzene rings is 1. The fourth-order valence-electron chi connectivity index (χ4n) is 3.27. The summed E-state index contributed by atoms with van der Waals surface area (Å²) in [5.41, 5.74) is 1.55. The second-order valence-corrected chi connectivity index (χ2v) is 7.89. The SMILES string of the molecule is CC(C)(C)c1ccc2nc(-c3ccnc(-c4cccnc4)c3C(F)(F)F)[nH]c2c1. The zero-order valence-corrected chi connectivity index (χ0v) is 16.2. The van der Waals surface area contributed by atoms with Gasteiger partial charge in [-0.1, -0.05) is 26.8 Å². The Morgan fingerprint density at radius 3 is 2.41 bits per heavy atom. The van der Waals surface area contributed by atoms with Crippen molar-refractivity contribution in [3.63, 3.8) is 0 Å². The lowest BCUT2D eigenvalue weighted by atomic mass is 9.87. The van der Waals surface area contributed by atoms with E-state index >= 15 is 0 Å². The van der Waals surface area contributed by atoms with E-state index in [4.69, 9.17) is 0 Å². The smallest absolute Gasteiger partial charge is 0.338 e. The van der Waals surface area contributed by atoms with Crippen LogP contribution in [0.4, 0.5) is 13.2 Å². The third-order valence-corrected chi connectivity index (χ3v) is 4.77. The molecule has 0 radical (unpaired) electrons. The summed E-state index contributed by atoms with van der Waals surface area (Å²) in [6, 6.07) is 10.2. The first kappa shape index (κ1) is 19.1. The van der Waals surface area contributed by atoms with Gasteiger partial charge in [-0.3, -0.25) is 9.97 Å². The van der Waals surface area contributed by atoms with Gasteiger partial charge >= 0.3 is 6.18 Å². The molecule has 148 valence electrons. The van der Waals surface area contributed by atoms with E-state index in [1.165, 1.54) is 24.7 Å². The lowest BCUT2D eigenvalue weighted by Crippen LogP contribution is -2.11. The molecule has 0 bridgehead atoms. The Hall–Kier alpha value is -3.22. The van der Waals surface area contributed by atoms with Crippen molar-refractivity contribution in [2.75, 3.05) is 0 Å². The summed E-state index contributed by atoms with van der Waals surface area (Å²) >= 11 is 0. The molecule has 7 heteroatoms. The average molecular weight is 396 g/mol. The first-order valence-corrected chi connectivity index (χ1v) is 9.12. The molecular formula is C22H19F3N4. The van der Waals surface area contributed by atoms with Crippen LogP contribution in [0.15, 0.2) is 55.0 Å². The van der Waals surface area contributed by atoms with E-state index < -0.39 is 11.7 Å². The molecule has 0 atom stereocenters. The van der Waals surface area contributed by atoms with Crippen molar-refractivity contribution in [1.29, 1.82) is 0 Å². The van der Waals surface area contributed by atoms with Gasteiger partial charge in [-0.2, -0.15) is 13.2 Å². The molecule has 4 nitrogen and oxygen atoms in total. The molecule has 4 rings (SSSR count). The molecule has 0 aliphatic carbocycles. The highest BCUT2D eigenvalue weighted by atomic mass is 19.4. The van der Waals surface area contributed by atoms with Crippen LogP contribution in [0.2, 0.25) is 0 Å². The van der Waals surface area contributed by atoms with Crippen molar-refractivity contribution in [3.8, 4) is 22.6 Å². The standard InChI is InChI=1S/C22H19F3N4/c1-21(2,3)14-6-7-16-17(11-14)29-20(28-16)15-8-10-27-19(18(15)22(23,24)25)13-5-4-9-26-12-13/h4-12H,1-3H3,(H,28,29). The molecule has 0 amide bonds. The van der Waals surface area contributed by atoms with Crippen LogP contribution in [0.25, 0.3) is 33.7 Å². The summed E-state index contributed by atoms with van der Waals surface area (Å²) in [6.07, 6.45) is -0.368. The highest BCUT2D eigenvalue weighted by Gasteiger charge is 2.38. The third kappa shape index (κ3) is 3.60. The van der Waals surface area contributed by atoms with Gasteiger partial charge in [0.05, 0.1) is 22.3 Å². The molecular weight excluding hydrogens is 377 g/mol. The van der Waals surface area contributed by atoms with Crippen LogP contribution in [-0.2, 0) is 11.6 Å². The first-order valence-electron chi connectivity index (χ1n) is 9.12. The topological polar surface area (TPSA) is 54.5 Å². The van der Waals surface area contributed by atoms with Crippen LogP contribution in [0.3, 0.4) is 0 Å². The Bertz CT molecular complexity index is 1170. The Kier molecular flexibility index (Phi) is 4.41. The first-order chi connectivity index (χ1) is 13.6. The van der Waals surface area contributed by atoms with Gasteiger partial charge in [-0.15, -0.1) is 0 Å². The number of fused-ring (bicyclic) bond motifs is 1. The number of pyridine rings is 2. The van der Waals surface area contributed by atoms with Crippen molar-refractivity contribution < 1.29 is 13.2 Å². The van der Waals surface area contributed by atoms with Crippen molar-refractivity contribution >= 4 is 11.0 Å². The van der Waals surface area contributed by atoms with Gasteiger partial charge in [0.2, 0.25) is 0 Å². The molecule has 0 aliphatic rings. The molecule has 0 saturated carbocycles. The second kappa shape index (κ2) is 6.69. The number of nitrogens with one attached hydrogen (secondary N) is 1. The summed E-state index contributed by atoms with van der Waals surface area (Å²) in [6.45, 7) is 6.24. The van der Waals surface area contributed by atoms with Gasteiger partial charge in [-0.25, -0.2) is 4.98 Å². The van der Waals surface area contributed by atoms with Crippen LogP contribution in [-0.4, -0.2) is 19.9 Å². The van der Waals surface area contributed by atoms with E-state index in [1.54, 1.807) is 12.1 Å². The predicted octanol–water partition coefficient (Wildman–Crippen LogP) is 6.00. The molecule has 4 aromatic rings. The molecule has 0 saturated heterocycles. The minimum absolute atomic E-state index is 0.0418. The van der Waals surface area contributed by atoms with Crippen molar-refractivity contribution in [3.05, 3.63) is 66.1 Å². The molecule has 29 heavy (non-hydrogen) atoms. The maximum atomic E-state index is 14.1. The number of halogens is 3. The summed E-state index contributed by atoms with van der Waals surface area (Å²) in [4.78, 5) is 15.4. The van der Waals surface area contributed by atoms with Crippen LogP contribution in [0.5, 0.6) is 0 Å². The number of hydrogen-bond donors (Lipinski definition) is 1. The Morgan fingerprint density at radius 1 is 0.966 bits per heavy atom. The lowest BCUT2D eigenvalue weighted by molar-refractivity contribution is -0.136. The van der Waals surface area contributed by atoms with E-state index in [0.717, 1.165) is 5.56 Å². The van der Waals surface area contributed by atoms with Gasteiger partial charge in [0.25, 0.3) is 0 Å². The highest BCUT2D eigenvalue weighted by molar-refractivity contribution is 5.82. The van der Waals surface area contributed by atoms with E-state index in [9.17, 15) is 13.2 Å². The monoisotopic (exact) mass is 396 g/mol. The molecule has 3 heterocycles. The minimum Gasteiger partial charge on any atom is -0.338 e. The number of aromatic amines is 1. The van der Waals surface area contributed by atoms with Gasteiger partial charge < -0.3 is 4.98 Å². The molecule has 0 unspecified atom stereocenters. The summed E-state index contributed by atoms with van der Waals surface area (Å²) in [5, 5.41) is 0. The van der Waals surface area contributed by atoms with E-state index in [0.29, 0.717) is 16.6 Å². The quantitative estimate of drug-likeness (QED) is 0.452. The highest BCUT2D eigenvalue weighted by Crippen LogP contribution is 2.41. The molecule has 1 aromatic carbocycles. The van der Waals surface area contributed by atoms with Crippen LogP contribution in [0.1, 0.15) is 31.9 Å². The molecule has 3 aromatic heterocycles. The van der Waals surface area contributed by atoms with Gasteiger partial charge in [-0.05, 0) is 41.3 Å².